The summed E-state index contributed by atoms with van der Waals surface area (Å²) < 4.78 is 13.1. The Morgan fingerprint density at radius 3 is 2.53 bits per heavy atom. The van der Waals surface area contributed by atoms with Crippen molar-refractivity contribution < 1.29 is 14.0 Å². The number of H-pyrrole nitrogens is 1. The molecule has 2 heterocycles. The van der Waals surface area contributed by atoms with Crippen LogP contribution < -0.4 is 10.6 Å². The van der Waals surface area contributed by atoms with Crippen molar-refractivity contribution in [3.63, 3.8) is 0 Å². The van der Waals surface area contributed by atoms with Crippen LogP contribution in [0.2, 0.25) is 0 Å². The van der Waals surface area contributed by atoms with Gasteiger partial charge in [0.1, 0.15) is 16.5 Å². The number of benzene rings is 2. The summed E-state index contributed by atoms with van der Waals surface area (Å²) in [5.41, 5.74) is 1.36. The molecular formula is C22H19FN4O2S. The Kier molecular flexibility index (Phi) is 5.58. The lowest BCUT2D eigenvalue weighted by molar-refractivity contribution is 0.0939. The molecule has 0 saturated carbocycles. The van der Waals surface area contributed by atoms with Crippen molar-refractivity contribution in [2.24, 2.45) is 0 Å². The minimum absolute atomic E-state index is 0.0904. The molecule has 2 aromatic carbocycles. The van der Waals surface area contributed by atoms with Crippen molar-refractivity contribution in [2.75, 3.05) is 5.32 Å². The first-order valence-corrected chi connectivity index (χ1v) is 10.3. The maximum Gasteiger partial charge on any atom is 0.261 e. The Morgan fingerprint density at radius 1 is 1.10 bits per heavy atom. The number of anilines is 1. The van der Waals surface area contributed by atoms with Gasteiger partial charge < -0.3 is 10.6 Å². The van der Waals surface area contributed by atoms with Gasteiger partial charge in [0.25, 0.3) is 11.8 Å². The van der Waals surface area contributed by atoms with Gasteiger partial charge in [-0.1, -0.05) is 37.3 Å². The van der Waals surface area contributed by atoms with Crippen LogP contribution in [0.3, 0.4) is 0 Å². The lowest BCUT2D eigenvalue weighted by Gasteiger charge is -2.16. The maximum atomic E-state index is 13.1. The van der Waals surface area contributed by atoms with E-state index in [9.17, 15) is 14.0 Å². The van der Waals surface area contributed by atoms with E-state index in [4.69, 9.17) is 0 Å². The highest BCUT2D eigenvalue weighted by Gasteiger charge is 2.19. The van der Waals surface area contributed by atoms with Crippen molar-refractivity contribution in [1.29, 1.82) is 0 Å². The van der Waals surface area contributed by atoms with Crippen molar-refractivity contribution in [3.05, 3.63) is 82.5 Å². The second-order valence-corrected chi connectivity index (χ2v) is 7.76. The van der Waals surface area contributed by atoms with Gasteiger partial charge in [-0.05, 0) is 42.3 Å². The fourth-order valence-corrected chi connectivity index (χ4v) is 4.04. The number of carbonyl (C=O) groups is 2. The maximum absolute atomic E-state index is 13.1. The third-order valence-electron chi connectivity index (χ3n) is 4.74. The van der Waals surface area contributed by atoms with Crippen molar-refractivity contribution >= 4 is 39.2 Å². The molecule has 8 heteroatoms. The molecule has 0 spiro atoms. The molecule has 0 fully saturated rings. The second-order valence-electron chi connectivity index (χ2n) is 6.73. The molecule has 0 unspecified atom stereocenters. The predicted molar refractivity (Wildman–Crippen MR) is 115 cm³/mol. The number of nitrogens with zero attached hydrogens (tertiary/aromatic N) is 1. The lowest BCUT2D eigenvalue weighted by atomic mass is 10.0. The van der Waals surface area contributed by atoms with Gasteiger partial charge in [-0.25, -0.2) is 4.39 Å². The monoisotopic (exact) mass is 422 g/mol. The molecule has 0 aliphatic carbocycles. The molecular weight excluding hydrogens is 403 g/mol. The number of amides is 2. The molecule has 0 saturated heterocycles. The third kappa shape index (κ3) is 4.08. The highest BCUT2D eigenvalue weighted by atomic mass is 32.1. The number of halogens is 1. The predicted octanol–water partition coefficient (Wildman–Crippen LogP) is 4.90. The average Bonchev–Trinajstić information content (AvgIpc) is 3.35. The summed E-state index contributed by atoms with van der Waals surface area (Å²) in [4.78, 5) is 26.3. The zero-order chi connectivity index (χ0) is 21.1. The van der Waals surface area contributed by atoms with Crippen LogP contribution in [0, 0.1) is 5.82 Å². The molecule has 0 radical (unpaired) electrons. The second kappa shape index (κ2) is 8.46. The SMILES string of the molecule is CC[C@@H](NC(=O)c1cc2c(NC(=O)c3ccc(F)cc3)[nH]nc2s1)c1ccccc1. The first-order valence-electron chi connectivity index (χ1n) is 9.45. The number of hydrogen-bond donors (Lipinski definition) is 3. The highest BCUT2D eigenvalue weighted by Crippen LogP contribution is 2.30. The van der Waals surface area contributed by atoms with Crippen LogP contribution in [0.4, 0.5) is 10.2 Å². The van der Waals surface area contributed by atoms with Crippen molar-refractivity contribution in [3.8, 4) is 0 Å². The van der Waals surface area contributed by atoms with E-state index in [2.05, 4.69) is 20.8 Å². The minimum atomic E-state index is -0.412. The van der Waals surface area contributed by atoms with E-state index in [-0.39, 0.29) is 11.9 Å². The zero-order valence-corrected chi connectivity index (χ0v) is 16.9. The summed E-state index contributed by atoms with van der Waals surface area (Å²) in [7, 11) is 0. The van der Waals surface area contributed by atoms with Gasteiger partial charge in [-0.3, -0.25) is 14.7 Å². The van der Waals surface area contributed by atoms with Crippen LogP contribution in [-0.2, 0) is 0 Å². The Labute approximate surface area is 176 Å². The Hall–Kier alpha value is -3.52. The number of hydrogen-bond acceptors (Lipinski definition) is 4. The molecule has 1 atom stereocenters. The quantitative estimate of drug-likeness (QED) is 0.413. The Bertz CT molecular complexity index is 1190. The number of aromatic nitrogens is 2. The van der Waals surface area contributed by atoms with Crippen LogP contribution in [0.15, 0.2) is 60.7 Å². The summed E-state index contributed by atoms with van der Waals surface area (Å²) in [6, 6.07) is 16.7. The van der Waals surface area contributed by atoms with E-state index in [1.807, 2.05) is 37.3 Å². The minimum Gasteiger partial charge on any atom is -0.345 e. The molecule has 4 rings (SSSR count). The number of nitrogens with one attached hydrogen (secondary N) is 3. The van der Waals surface area contributed by atoms with E-state index in [0.29, 0.717) is 26.5 Å². The number of thiophene rings is 1. The highest BCUT2D eigenvalue weighted by molar-refractivity contribution is 7.20. The van der Waals surface area contributed by atoms with E-state index < -0.39 is 11.7 Å². The molecule has 6 nitrogen and oxygen atoms in total. The molecule has 30 heavy (non-hydrogen) atoms. The molecule has 2 aromatic heterocycles. The fraction of sp³-hybridized carbons (Fsp3) is 0.136. The van der Waals surface area contributed by atoms with Crippen LogP contribution in [-0.4, -0.2) is 22.0 Å². The van der Waals surface area contributed by atoms with E-state index >= 15 is 0 Å². The number of aromatic amines is 1. The molecule has 152 valence electrons. The molecule has 3 N–H and O–H groups in total. The van der Waals surface area contributed by atoms with Gasteiger partial charge in [0.15, 0.2) is 0 Å². The molecule has 0 aliphatic rings. The Balaban J connectivity index is 1.51. The summed E-state index contributed by atoms with van der Waals surface area (Å²) >= 11 is 1.24. The number of carbonyl (C=O) groups excluding carboxylic acids is 2. The van der Waals surface area contributed by atoms with Gasteiger partial charge in [-0.15, -0.1) is 11.3 Å². The van der Waals surface area contributed by atoms with Crippen molar-refractivity contribution in [1.82, 2.24) is 15.5 Å². The molecule has 0 aliphatic heterocycles. The van der Waals surface area contributed by atoms with Gasteiger partial charge in [0.05, 0.1) is 16.3 Å². The third-order valence-corrected chi connectivity index (χ3v) is 5.76. The average molecular weight is 422 g/mol. The summed E-state index contributed by atoms with van der Waals surface area (Å²) in [6.07, 6.45) is 0.762. The summed E-state index contributed by atoms with van der Waals surface area (Å²) in [5, 5.41) is 13.4. The van der Waals surface area contributed by atoms with Crippen LogP contribution in [0.1, 0.15) is 45.0 Å². The smallest absolute Gasteiger partial charge is 0.261 e. The normalized spacial score (nSPS) is 11.9. The summed E-state index contributed by atoms with van der Waals surface area (Å²) in [6.45, 7) is 2.02. The topological polar surface area (TPSA) is 86.9 Å². The van der Waals surface area contributed by atoms with Gasteiger partial charge >= 0.3 is 0 Å². The van der Waals surface area contributed by atoms with Crippen LogP contribution in [0.25, 0.3) is 10.2 Å². The molecule has 4 aromatic rings. The standard InChI is InChI=1S/C22H19FN4O2S/c1-2-17(13-6-4-3-5-7-13)24-21(29)18-12-16-19(26-27-22(16)30-18)25-20(28)14-8-10-15(23)11-9-14/h3-12,17H,2H2,1H3,(H,24,29)(H2,25,26,27,28)/t17-/m1/s1. The first-order chi connectivity index (χ1) is 14.5. The van der Waals surface area contributed by atoms with Crippen LogP contribution >= 0.6 is 11.3 Å². The van der Waals surface area contributed by atoms with Gasteiger partial charge in [0.2, 0.25) is 0 Å². The van der Waals surface area contributed by atoms with Gasteiger partial charge in [0, 0.05) is 5.56 Å². The molecule has 2 amide bonds. The largest absolute Gasteiger partial charge is 0.345 e. The van der Waals surface area contributed by atoms with E-state index in [1.54, 1.807) is 6.07 Å². The van der Waals surface area contributed by atoms with Gasteiger partial charge in [-0.2, -0.15) is 5.10 Å². The number of fused-ring (bicyclic) bond motifs is 1. The number of rotatable bonds is 6. The van der Waals surface area contributed by atoms with E-state index in [1.165, 1.54) is 35.6 Å². The Morgan fingerprint density at radius 2 is 1.83 bits per heavy atom. The summed E-state index contributed by atoms with van der Waals surface area (Å²) in [5.74, 6) is -0.605. The fourth-order valence-electron chi connectivity index (χ4n) is 3.14. The van der Waals surface area contributed by atoms with Crippen molar-refractivity contribution in [2.45, 2.75) is 19.4 Å². The zero-order valence-electron chi connectivity index (χ0n) is 16.1. The lowest BCUT2D eigenvalue weighted by Crippen LogP contribution is -2.27. The molecule has 0 bridgehead atoms. The van der Waals surface area contributed by atoms with E-state index in [0.717, 1.165) is 12.0 Å². The van der Waals surface area contributed by atoms with Crippen LogP contribution in [0.5, 0.6) is 0 Å². The first kappa shape index (κ1) is 19.8.